The van der Waals surface area contributed by atoms with E-state index in [0.29, 0.717) is 17.3 Å². The van der Waals surface area contributed by atoms with Gasteiger partial charge in [-0.3, -0.25) is 9.55 Å². The second kappa shape index (κ2) is 21.9. The molecule has 13 rings (SSSR count). The molecule has 0 amide bonds. The molecule has 10 aromatic carbocycles. The molecule has 0 spiro atoms. The summed E-state index contributed by atoms with van der Waals surface area (Å²) in [5, 5.41) is 12.9. The SMILES string of the molecule is CC(C)(C)c1cc(-c2cc(-c3ccc(C(C)(c4ccccc4)c4ccccc4)cc3)ccn2)cc(-c2cccc3c2nc(-c2cc(-c4ccccc4)cc(-c4ccccc4)c2O)n3-c2ccc(CC3CCCC3)cc2-c2ccccc2)c1. The molecule has 12 aromatic rings. The number of benzene rings is 10. The third kappa shape index (κ3) is 10.0. The van der Waals surface area contributed by atoms with Crippen molar-refractivity contribution in [2.24, 2.45) is 5.92 Å². The molecule has 1 aliphatic carbocycles. The van der Waals surface area contributed by atoms with Gasteiger partial charge in [0.15, 0.2) is 0 Å². The van der Waals surface area contributed by atoms with Crippen molar-refractivity contribution < 1.29 is 5.11 Å². The first-order chi connectivity index (χ1) is 40.1. The van der Waals surface area contributed by atoms with E-state index in [2.05, 4.69) is 263 Å². The molecule has 82 heavy (non-hydrogen) atoms. The zero-order valence-electron chi connectivity index (χ0n) is 47.2. The van der Waals surface area contributed by atoms with Crippen molar-refractivity contribution >= 4 is 11.0 Å². The van der Waals surface area contributed by atoms with Crippen LogP contribution >= 0.6 is 0 Å². The maximum absolute atomic E-state index is 12.9. The lowest BCUT2D eigenvalue weighted by atomic mass is 9.71. The lowest BCUT2D eigenvalue weighted by Crippen LogP contribution is -2.25. The number of rotatable bonds is 13. The zero-order chi connectivity index (χ0) is 55.8. The highest BCUT2D eigenvalue weighted by atomic mass is 16.3. The van der Waals surface area contributed by atoms with Crippen molar-refractivity contribution in [3.63, 3.8) is 0 Å². The van der Waals surface area contributed by atoms with Gasteiger partial charge >= 0.3 is 0 Å². The molecule has 4 heteroatoms. The summed E-state index contributed by atoms with van der Waals surface area (Å²) in [6, 6.07) is 91.3. The first-order valence-corrected chi connectivity index (χ1v) is 29.1. The third-order valence-electron chi connectivity index (χ3n) is 17.3. The summed E-state index contributed by atoms with van der Waals surface area (Å²) in [6.07, 6.45) is 8.17. The molecule has 4 nitrogen and oxygen atoms in total. The largest absolute Gasteiger partial charge is 0.507 e. The summed E-state index contributed by atoms with van der Waals surface area (Å²) < 4.78 is 2.31. The van der Waals surface area contributed by atoms with E-state index >= 15 is 0 Å². The number of imidazole rings is 1. The summed E-state index contributed by atoms with van der Waals surface area (Å²) in [4.78, 5) is 10.9. The molecule has 400 valence electrons. The molecule has 2 aromatic heterocycles. The van der Waals surface area contributed by atoms with Gasteiger partial charge in [0.25, 0.3) is 0 Å². The number of hydrogen-bond donors (Lipinski definition) is 1. The van der Waals surface area contributed by atoms with E-state index in [1.54, 1.807) is 0 Å². The predicted octanol–water partition coefficient (Wildman–Crippen LogP) is 20.2. The Morgan fingerprint density at radius 3 is 1.62 bits per heavy atom. The van der Waals surface area contributed by atoms with Crippen LogP contribution in [0.15, 0.2) is 261 Å². The Balaban J connectivity index is 0.989. The Kier molecular flexibility index (Phi) is 13.9. The molecule has 0 unspecified atom stereocenters. The van der Waals surface area contributed by atoms with Crippen molar-refractivity contribution in [1.82, 2.24) is 14.5 Å². The molecule has 2 heterocycles. The summed E-state index contributed by atoms with van der Waals surface area (Å²) in [5.74, 6) is 1.54. The summed E-state index contributed by atoms with van der Waals surface area (Å²) in [5.41, 5.74) is 21.4. The van der Waals surface area contributed by atoms with Crippen LogP contribution in [0.2, 0.25) is 0 Å². The molecule has 0 aliphatic heterocycles. The van der Waals surface area contributed by atoms with E-state index in [9.17, 15) is 5.11 Å². The Hall–Kier alpha value is -9.38. The van der Waals surface area contributed by atoms with Crippen molar-refractivity contribution in [1.29, 1.82) is 0 Å². The minimum absolute atomic E-state index is 0.183. The summed E-state index contributed by atoms with van der Waals surface area (Å²) in [6.45, 7) is 9.17. The maximum Gasteiger partial charge on any atom is 0.149 e. The standard InChI is InChI=1S/C78H67N3O/c1-77(2,3)66-48-61(47-62(49-66)71-52-59(43-44-79-71)56-38-40-65(41-39-56)78(4,63-31-16-8-17-32-63)64-33-18-9-19-34-64)67-35-22-36-73-74(67)80-76(70-51-60(55-25-10-5-11-26-55)50-69(75(70)82)58-29-14-7-15-30-58)81(73)72-42-37-54(45-53-23-20-21-24-53)46-68(72)57-27-12-6-13-28-57/h5-19,22,25-44,46-53,82H,20-21,23-24,45H2,1-4H3. The highest BCUT2D eigenvalue weighted by Gasteiger charge is 2.31. The van der Waals surface area contributed by atoms with Crippen LogP contribution in [0.4, 0.5) is 0 Å². The van der Waals surface area contributed by atoms with Crippen LogP contribution in [0, 0.1) is 5.92 Å². The number of aromatic hydroxyl groups is 1. The number of nitrogens with zero attached hydrogens (tertiary/aromatic N) is 3. The molecule has 1 N–H and O–H groups in total. The Morgan fingerprint density at radius 1 is 0.427 bits per heavy atom. The fraction of sp³-hybridized carbons (Fsp3) is 0.154. The number of hydrogen-bond acceptors (Lipinski definition) is 3. The number of phenols is 1. The van der Waals surface area contributed by atoms with Gasteiger partial charge < -0.3 is 5.11 Å². The first-order valence-electron chi connectivity index (χ1n) is 29.1. The maximum atomic E-state index is 12.9. The fourth-order valence-corrected chi connectivity index (χ4v) is 12.7. The van der Waals surface area contributed by atoms with Gasteiger partial charge in [0.1, 0.15) is 11.6 Å². The normalized spacial score (nSPS) is 13.0. The van der Waals surface area contributed by atoms with E-state index in [-0.39, 0.29) is 16.6 Å². The predicted molar refractivity (Wildman–Crippen MR) is 341 cm³/mol. The van der Waals surface area contributed by atoms with Gasteiger partial charge in [-0.2, -0.15) is 0 Å². The van der Waals surface area contributed by atoms with Crippen molar-refractivity contribution in [3.8, 4) is 89.7 Å². The molecule has 0 atom stereocenters. The average Bonchev–Trinajstić information content (AvgIpc) is 4.24. The van der Waals surface area contributed by atoms with Gasteiger partial charge in [-0.25, -0.2) is 4.98 Å². The van der Waals surface area contributed by atoms with Crippen molar-refractivity contribution in [3.05, 3.63) is 289 Å². The lowest BCUT2D eigenvalue weighted by molar-refractivity contribution is 0.479. The number of para-hydroxylation sites is 1. The molecular weight excluding hydrogens is 995 g/mol. The summed E-state index contributed by atoms with van der Waals surface area (Å²) >= 11 is 0. The number of phenolic OH excluding ortho intramolecular Hbond substituents is 1. The molecular formula is C78H67N3O. The zero-order valence-corrected chi connectivity index (χ0v) is 47.2. The van der Waals surface area contributed by atoms with Crippen LogP contribution in [-0.4, -0.2) is 19.6 Å². The van der Waals surface area contributed by atoms with Crippen molar-refractivity contribution in [2.75, 3.05) is 0 Å². The molecule has 0 bridgehead atoms. The molecule has 0 radical (unpaired) electrons. The van der Waals surface area contributed by atoms with Gasteiger partial charge in [-0.15, -0.1) is 0 Å². The van der Waals surface area contributed by atoms with Gasteiger partial charge in [-0.05, 0) is 146 Å². The van der Waals surface area contributed by atoms with Crippen LogP contribution in [0.25, 0.3) is 95.0 Å². The van der Waals surface area contributed by atoms with E-state index in [4.69, 9.17) is 9.97 Å². The number of pyridine rings is 1. The highest BCUT2D eigenvalue weighted by Crippen LogP contribution is 2.47. The Labute approximate surface area is 483 Å². The molecule has 1 fully saturated rings. The van der Waals surface area contributed by atoms with Gasteiger partial charge in [0.05, 0.1) is 28.0 Å². The quantitative estimate of drug-likeness (QED) is 0.117. The van der Waals surface area contributed by atoms with Crippen LogP contribution in [0.3, 0.4) is 0 Å². The van der Waals surface area contributed by atoms with E-state index in [1.165, 1.54) is 53.5 Å². The van der Waals surface area contributed by atoms with Gasteiger partial charge in [-0.1, -0.05) is 247 Å². The molecule has 0 saturated heterocycles. The van der Waals surface area contributed by atoms with Crippen LogP contribution < -0.4 is 0 Å². The van der Waals surface area contributed by atoms with E-state index in [0.717, 1.165) is 90.0 Å². The topological polar surface area (TPSA) is 50.9 Å². The third-order valence-corrected chi connectivity index (χ3v) is 17.3. The second-order valence-electron chi connectivity index (χ2n) is 23.6. The highest BCUT2D eigenvalue weighted by molar-refractivity contribution is 5.99. The Morgan fingerprint density at radius 2 is 0.988 bits per heavy atom. The van der Waals surface area contributed by atoms with Crippen LogP contribution in [0.1, 0.15) is 81.2 Å². The average molecular weight is 1060 g/mol. The lowest BCUT2D eigenvalue weighted by Gasteiger charge is -2.32. The van der Waals surface area contributed by atoms with Gasteiger partial charge in [0, 0.05) is 33.9 Å². The summed E-state index contributed by atoms with van der Waals surface area (Å²) in [7, 11) is 0. The number of aromatic nitrogens is 3. The van der Waals surface area contributed by atoms with E-state index in [1.807, 2.05) is 30.5 Å². The smallest absolute Gasteiger partial charge is 0.149 e. The minimum atomic E-state index is -0.339. The fourth-order valence-electron chi connectivity index (χ4n) is 12.7. The van der Waals surface area contributed by atoms with Crippen LogP contribution in [-0.2, 0) is 17.3 Å². The first kappa shape index (κ1) is 52.0. The van der Waals surface area contributed by atoms with E-state index < -0.39 is 0 Å². The van der Waals surface area contributed by atoms with Gasteiger partial charge in [0.2, 0.25) is 0 Å². The van der Waals surface area contributed by atoms with Crippen molar-refractivity contribution in [2.45, 2.75) is 70.6 Å². The molecule has 1 aliphatic rings. The minimum Gasteiger partial charge on any atom is -0.507 e. The number of fused-ring (bicyclic) bond motifs is 1. The molecule has 1 saturated carbocycles. The van der Waals surface area contributed by atoms with Crippen LogP contribution in [0.5, 0.6) is 5.75 Å². The Bertz CT molecular complexity index is 4170. The monoisotopic (exact) mass is 1060 g/mol. The second-order valence-corrected chi connectivity index (χ2v) is 23.6.